The van der Waals surface area contributed by atoms with Crippen LogP contribution in [0.25, 0.3) is 0 Å². The van der Waals surface area contributed by atoms with E-state index in [9.17, 15) is 9.59 Å². The Morgan fingerprint density at radius 2 is 1.87 bits per heavy atom. The van der Waals surface area contributed by atoms with Crippen molar-refractivity contribution in [3.8, 4) is 0 Å². The number of nitrogens with zero attached hydrogens (tertiary/aromatic N) is 1. The van der Waals surface area contributed by atoms with Gasteiger partial charge in [0.2, 0.25) is 0 Å². The van der Waals surface area contributed by atoms with Crippen molar-refractivity contribution in [2.24, 2.45) is 0 Å². The molecule has 2 rings (SSSR count). The molecule has 0 saturated carbocycles. The highest BCUT2D eigenvalue weighted by Crippen LogP contribution is 2.27. The molecule has 1 atom stereocenters. The summed E-state index contributed by atoms with van der Waals surface area (Å²) in [5.41, 5.74) is 2.39. The number of benzene rings is 1. The van der Waals surface area contributed by atoms with E-state index >= 15 is 0 Å². The van der Waals surface area contributed by atoms with Gasteiger partial charge in [0.25, 0.3) is 0 Å². The Morgan fingerprint density at radius 3 is 2.43 bits per heavy atom. The van der Waals surface area contributed by atoms with Crippen LogP contribution >= 0.6 is 0 Å². The minimum Gasteiger partial charge on any atom is -0.453 e. The molecule has 0 radical (unpaired) electrons. The summed E-state index contributed by atoms with van der Waals surface area (Å²) in [7, 11) is 1.36. The van der Waals surface area contributed by atoms with Crippen LogP contribution in [0, 0.1) is 0 Å². The Bertz CT molecular complexity index is 644. The Morgan fingerprint density at radius 1 is 1.22 bits per heavy atom. The number of Topliss-reactive ketones (excluding diaryl/α,β-unsaturated/α-hetero) is 1. The maximum absolute atomic E-state index is 12.9. The van der Waals surface area contributed by atoms with E-state index in [2.05, 4.69) is 0 Å². The van der Waals surface area contributed by atoms with Crippen molar-refractivity contribution in [2.45, 2.75) is 39.3 Å². The third kappa shape index (κ3) is 3.70. The van der Waals surface area contributed by atoms with Crippen molar-refractivity contribution < 1.29 is 14.3 Å². The van der Waals surface area contributed by atoms with E-state index in [-0.39, 0.29) is 11.8 Å². The van der Waals surface area contributed by atoms with Crippen LogP contribution in [-0.4, -0.2) is 36.0 Å². The molecule has 1 aromatic carbocycles. The van der Waals surface area contributed by atoms with Crippen LogP contribution < -0.4 is 0 Å². The second-order valence-corrected chi connectivity index (χ2v) is 5.99. The zero-order valence-corrected chi connectivity index (χ0v) is 14.1. The summed E-state index contributed by atoms with van der Waals surface area (Å²) in [6.45, 7) is 5.84. The second kappa shape index (κ2) is 7.27. The number of ketones is 1. The summed E-state index contributed by atoms with van der Waals surface area (Å²) in [4.78, 5) is 26.7. The first kappa shape index (κ1) is 17.0. The van der Waals surface area contributed by atoms with Gasteiger partial charge in [0, 0.05) is 17.2 Å². The second-order valence-electron chi connectivity index (χ2n) is 5.99. The van der Waals surface area contributed by atoms with Crippen molar-refractivity contribution in [3.05, 3.63) is 59.2 Å². The minimum absolute atomic E-state index is 0.0473. The third-order valence-corrected chi connectivity index (χ3v) is 3.94. The van der Waals surface area contributed by atoms with Gasteiger partial charge in [-0.3, -0.25) is 9.69 Å². The van der Waals surface area contributed by atoms with Crippen LogP contribution in [0.2, 0.25) is 0 Å². The number of ether oxygens (including phenoxy) is 1. The molecule has 1 aliphatic carbocycles. The summed E-state index contributed by atoms with van der Waals surface area (Å²) in [6, 6.07) is 8.67. The lowest BCUT2D eigenvalue weighted by molar-refractivity contribution is 0.0945. The SMILES string of the molecule is COC(=O)N(C(C)C)C1C=C(C)CC=C1C(=O)c1ccccc1. The van der Waals surface area contributed by atoms with E-state index in [1.807, 2.05) is 51.1 Å². The third-order valence-electron chi connectivity index (χ3n) is 3.94. The molecule has 4 heteroatoms. The van der Waals surface area contributed by atoms with Gasteiger partial charge in [-0.25, -0.2) is 4.79 Å². The monoisotopic (exact) mass is 313 g/mol. The number of rotatable bonds is 4. The number of allylic oxidation sites excluding steroid dienone is 2. The van der Waals surface area contributed by atoms with Crippen molar-refractivity contribution in [1.29, 1.82) is 0 Å². The molecular weight excluding hydrogens is 290 g/mol. The topological polar surface area (TPSA) is 46.6 Å². The van der Waals surface area contributed by atoms with Crippen LogP contribution in [-0.2, 0) is 4.74 Å². The molecule has 23 heavy (non-hydrogen) atoms. The lowest BCUT2D eigenvalue weighted by Crippen LogP contribution is -2.46. The molecule has 0 bridgehead atoms. The van der Waals surface area contributed by atoms with Gasteiger partial charge in [-0.2, -0.15) is 0 Å². The number of hydrogen-bond acceptors (Lipinski definition) is 3. The molecule has 1 aliphatic rings. The van der Waals surface area contributed by atoms with Gasteiger partial charge in [0.05, 0.1) is 13.2 Å². The molecule has 1 aromatic rings. The van der Waals surface area contributed by atoms with Crippen molar-refractivity contribution in [3.63, 3.8) is 0 Å². The highest BCUT2D eigenvalue weighted by Gasteiger charge is 2.33. The van der Waals surface area contributed by atoms with Gasteiger partial charge in [0.15, 0.2) is 5.78 Å². The maximum atomic E-state index is 12.9. The number of carbonyl (C=O) groups is 2. The van der Waals surface area contributed by atoms with Crippen LogP contribution in [0.4, 0.5) is 4.79 Å². The van der Waals surface area contributed by atoms with E-state index in [1.165, 1.54) is 7.11 Å². The fourth-order valence-corrected chi connectivity index (χ4v) is 2.78. The fraction of sp³-hybridized carbons (Fsp3) is 0.368. The Labute approximate surface area is 137 Å². The molecule has 0 fully saturated rings. The van der Waals surface area contributed by atoms with Crippen LogP contribution in [0.5, 0.6) is 0 Å². The average Bonchev–Trinajstić information content (AvgIpc) is 2.55. The predicted molar refractivity (Wildman–Crippen MR) is 90.4 cm³/mol. The van der Waals surface area contributed by atoms with Gasteiger partial charge in [-0.05, 0) is 27.2 Å². The van der Waals surface area contributed by atoms with E-state index in [0.717, 1.165) is 12.0 Å². The summed E-state index contributed by atoms with van der Waals surface area (Å²) in [6.07, 6.45) is 4.20. The Hall–Kier alpha value is -2.36. The molecule has 122 valence electrons. The lowest BCUT2D eigenvalue weighted by Gasteiger charge is -2.35. The highest BCUT2D eigenvalue weighted by atomic mass is 16.5. The Kier molecular flexibility index (Phi) is 5.37. The van der Waals surface area contributed by atoms with Gasteiger partial charge in [-0.1, -0.05) is 48.1 Å². The van der Waals surface area contributed by atoms with E-state index in [1.54, 1.807) is 17.0 Å². The molecule has 0 N–H and O–H groups in total. The minimum atomic E-state index is -0.428. The standard InChI is InChI=1S/C19H23NO3/c1-13(2)20(19(22)23-4)17-12-14(3)10-11-16(17)18(21)15-8-6-5-7-9-15/h5-9,11-13,17H,10H2,1-4H3. The van der Waals surface area contributed by atoms with Gasteiger partial charge >= 0.3 is 6.09 Å². The van der Waals surface area contributed by atoms with Gasteiger partial charge < -0.3 is 4.74 Å². The molecule has 4 nitrogen and oxygen atoms in total. The molecular formula is C19H23NO3. The van der Waals surface area contributed by atoms with Crippen molar-refractivity contribution in [1.82, 2.24) is 4.90 Å². The van der Waals surface area contributed by atoms with Gasteiger partial charge in [0.1, 0.15) is 0 Å². The molecule has 1 unspecified atom stereocenters. The molecule has 0 aromatic heterocycles. The fourth-order valence-electron chi connectivity index (χ4n) is 2.78. The predicted octanol–water partition coefficient (Wildman–Crippen LogP) is 3.99. The zero-order chi connectivity index (χ0) is 17.0. The summed E-state index contributed by atoms with van der Waals surface area (Å²) in [5, 5.41) is 0. The number of hydrogen-bond donors (Lipinski definition) is 0. The van der Waals surface area contributed by atoms with Gasteiger partial charge in [-0.15, -0.1) is 0 Å². The summed E-state index contributed by atoms with van der Waals surface area (Å²) >= 11 is 0. The zero-order valence-electron chi connectivity index (χ0n) is 14.1. The Balaban J connectivity index is 2.41. The number of methoxy groups -OCH3 is 1. The van der Waals surface area contributed by atoms with E-state index in [4.69, 9.17) is 4.74 Å². The highest BCUT2D eigenvalue weighted by molar-refractivity contribution is 6.10. The lowest BCUT2D eigenvalue weighted by atomic mass is 9.88. The van der Waals surface area contributed by atoms with Crippen molar-refractivity contribution in [2.75, 3.05) is 7.11 Å². The first-order valence-electron chi connectivity index (χ1n) is 7.79. The first-order chi connectivity index (χ1) is 11.0. The smallest absolute Gasteiger partial charge is 0.410 e. The van der Waals surface area contributed by atoms with E-state index < -0.39 is 12.1 Å². The summed E-state index contributed by atoms with van der Waals surface area (Å²) in [5.74, 6) is -0.0473. The van der Waals surface area contributed by atoms with Crippen LogP contribution in [0.1, 0.15) is 37.6 Å². The normalized spacial score (nSPS) is 17.3. The first-order valence-corrected chi connectivity index (χ1v) is 7.79. The molecule has 0 aliphatic heterocycles. The van der Waals surface area contributed by atoms with E-state index in [0.29, 0.717) is 11.1 Å². The number of amides is 1. The van der Waals surface area contributed by atoms with Crippen LogP contribution in [0.3, 0.4) is 0 Å². The molecule has 0 heterocycles. The average molecular weight is 313 g/mol. The quantitative estimate of drug-likeness (QED) is 0.623. The number of carbonyl (C=O) groups excluding carboxylic acids is 2. The molecule has 0 spiro atoms. The van der Waals surface area contributed by atoms with Crippen LogP contribution in [0.15, 0.2) is 53.6 Å². The molecule has 0 saturated heterocycles. The maximum Gasteiger partial charge on any atom is 0.410 e. The van der Waals surface area contributed by atoms with Crippen molar-refractivity contribution >= 4 is 11.9 Å². The summed E-state index contributed by atoms with van der Waals surface area (Å²) < 4.78 is 4.92. The molecule has 1 amide bonds. The largest absolute Gasteiger partial charge is 0.453 e.